The molecule has 0 radical (unpaired) electrons. The van der Waals surface area contributed by atoms with E-state index in [-0.39, 0.29) is 12.5 Å². The summed E-state index contributed by atoms with van der Waals surface area (Å²) in [6.07, 6.45) is 0.700. The molecule has 0 aliphatic carbocycles. The molecule has 0 aliphatic rings. The SMILES string of the molecule is COCCCNC(=O)COC(=O)c1cc(-c2ccccc2)nc2ccccc12. The number of para-hydroxylation sites is 1. The Morgan fingerprint density at radius 3 is 2.57 bits per heavy atom. The van der Waals surface area contributed by atoms with Crippen molar-refractivity contribution in [3.63, 3.8) is 0 Å². The minimum Gasteiger partial charge on any atom is -0.452 e. The van der Waals surface area contributed by atoms with Crippen molar-refractivity contribution in [2.45, 2.75) is 6.42 Å². The van der Waals surface area contributed by atoms with Crippen LogP contribution in [0.15, 0.2) is 60.7 Å². The lowest BCUT2D eigenvalue weighted by Gasteiger charge is -2.10. The van der Waals surface area contributed by atoms with Gasteiger partial charge in [-0.15, -0.1) is 0 Å². The van der Waals surface area contributed by atoms with Crippen LogP contribution >= 0.6 is 0 Å². The molecule has 28 heavy (non-hydrogen) atoms. The lowest BCUT2D eigenvalue weighted by atomic mass is 10.0. The second-order valence-electron chi connectivity index (χ2n) is 6.21. The van der Waals surface area contributed by atoms with E-state index in [1.54, 1.807) is 13.2 Å². The number of fused-ring (bicyclic) bond motifs is 1. The standard InChI is InChI=1S/C22H22N2O4/c1-27-13-7-12-23-21(25)15-28-22(26)18-14-20(16-8-3-2-4-9-16)24-19-11-6-5-10-17(18)19/h2-6,8-11,14H,7,12-13,15H2,1H3,(H,23,25). The maximum Gasteiger partial charge on any atom is 0.339 e. The van der Waals surface area contributed by atoms with Crippen LogP contribution < -0.4 is 5.32 Å². The van der Waals surface area contributed by atoms with E-state index in [4.69, 9.17) is 9.47 Å². The number of esters is 1. The summed E-state index contributed by atoms with van der Waals surface area (Å²) < 4.78 is 10.2. The first-order chi connectivity index (χ1) is 13.7. The van der Waals surface area contributed by atoms with E-state index >= 15 is 0 Å². The first kappa shape index (κ1) is 19.5. The summed E-state index contributed by atoms with van der Waals surface area (Å²) in [4.78, 5) is 29.2. The van der Waals surface area contributed by atoms with E-state index in [9.17, 15) is 9.59 Å². The fraction of sp³-hybridized carbons (Fsp3) is 0.227. The molecule has 0 spiro atoms. The molecule has 0 saturated carbocycles. The molecule has 1 N–H and O–H groups in total. The van der Waals surface area contributed by atoms with Gasteiger partial charge < -0.3 is 14.8 Å². The van der Waals surface area contributed by atoms with Gasteiger partial charge in [0.05, 0.1) is 16.8 Å². The fourth-order valence-corrected chi connectivity index (χ4v) is 2.81. The summed E-state index contributed by atoms with van der Waals surface area (Å²) in [5, 5.41) is 3.38. The monoisotopic (exact) mass is 378 g/mol. The van der Waals surface area contributed by atoms with Gasteiger partial charge in [-0.25, -0.2) is 9.78 Å². The number of amides is 1. The van der Waals surface area contributed by atoms with Gasteiger partial charge >= 0.3 is 5.97 Å². The summed E-state index contributed by atoms with van der Waals surface area (Å²) in [6, 6.07) is 18.7. The molecule has 6 nitrogen and oxygen atoms in total. The van der Waals surface area contributed by atoms with Crippen LogP contribution in [0, 0.1) is 0 Å². The molecule has 1 amide bonds. The van der Waals surface area contributed by atoms with Crippen LogP contribution in [-0.2, 0) is 14.3 Å². The number of hydrogen-bond donors (Lipinski definition) is 1. The smallest absolute Gasteiger partial charge is 0.339 e. The van der Waals surface area contributed by atoms with Gasteiger partial charge in [0.2, 0.25) is 0 Å². The summed E-state index contributed by atoms with van der Waals surface area (Å²) in [5.74, 6) is -0.895. The first-order valence-electron chi connectivity index (χ1n) is 9.07. The number of rotatable bonds is 8. The van der Waals surface area contributed by atoms with Crippen molar-refractivity contribution in [3.8, 4) is 11.3 Å². The molecule has 0 bridgehead atoms. The van der Waals surface area contributed by atoms with Crippen molar-refractivity contribution >= 4 is 22.8 Å². The Hall–Kier alpha value is -3.25. The normalized spacial score (nSPS) is 10.6. The maximum absolute atomic E-state index is 12.7. The van der Waals surface area contributed by atoms with Crippen molar-refractivity contribution < 1.29 is 19.1 Å². The van der Waals surface area contributed by atoms with Crippen LogP contribution in [0.4, 0.5) is 0 Å². The highest BCUT2D eigenvalue weighted by Crippen LogP contribution is 2.25. The Balaban J connectivity index is 1.77. The van der Waals surface area contributed by atoms with E-state index < -0.39 is 5.97 Å². The Morgan fingerprint density at radius 2 is 1.79 bits per heavy atom. The molecule has 0 atom stereocenters. The highest BCUT2D eigenvalue weighted by molar-refractivity contribution is 6.05. The molecule has 3 aromatic rings. The number of carbonyl (C=O) groups is 2. The van der Waals surface area contributed by atoms with E-state index in [2.05, 4.69) is 10.3 Å². The molecule has 0 fully saturated rings. The van der Waals surface area contributed by atoms with Gasteiger partial charge in [-0.1, -0.05) is 48.5 Å². The Labute approximate surface area is 163 Å². The number of pyridine rings is 1. The van der Waals surface area contributed by atoms with E-state index in [0.717, 1.165) is 5.56 Å². The molecule has 1 heterocycles. The van der Waals surface area contributed by atoms with Crippen LogP contribution in [0.5, 0.6) is 0 Å². The van der Waals surface area contributed by atoms with Crippen molar-refractivity contribution in [1.82, 2.24) is 10.3 Å². The number of nitrogens with one attached hydrogen (secondary N) is 1. The van der Waals surface area contributed by atoms with Gasteiger partial charge in [0, 0.05) is 31.2 Å². The average Bonchev–Trinajstić information content (AvgIpc) is 2.75. The van der Waals surface area contributed by atoms with Crippen LogP contribution in [0.25, 0.3) is 22.2 Å². The van der Waals surface area contributed by atoms with Gasteiger partial charge in [-0.3, -0.25) is 4.79 Å². The number of ether oxygens (including phenoxy) is 2. The first-order valence-corrected chi connectivity index (χ1v) is 9.07. The summed E-state index contributed by atoms with van der Waals surface area (Å²) in [6.45, 7) is 0.703. The minimum atomic E-state index is -0.553. The molecule has 144 valence electrons. The van der Waals surface area contributed by atoms with E-state index in [0.29, 0.717) is 41.7 Å². The third-order valence-corrected chi connectivity index (χ3v) is 4.19. The average molecular weight is 378 g/mol. The molecule has 2 aromatic carbocycles. The van der Waals surface area contributed by atoms with Crippen LogP contribution in [0.3, 0.4) is 0 Å². The maximum atomic E-state index is 12.7. The summed E-state index contributed by atoms with van der Waals surface area (Å²) in [5.41, 5.74) is 2.66. The Kier molecular flexibility index (Phi) is 6.70. The Morgan fingerprint density at radius 1 is 1.04 bits per heavy atom. The molecule has 0 saturated heterocycles. The number of nitrogens with zero attached hydrogens (tertiary/aromatic N) is 1. The number of benzene rings is 2. The zero-order valence-corrected chi connectivity index (χ0v) is 15.7. The van der Waals surface area contributed by atoms with Gasteiger partial charge in [-0.05, 0) is 18.6 Å². The van der Waals surface area contributed by atoms with E-state index in [1.807, 2.05) is 54.6 Å². The number of methoxy groups -OCH3 is 1. The third kappa shape index (κ3) is 4.92. The highest BCUT2D eigenvalue weighted by Gasteiger charge is 2.16. The van der Waals surface area contributed by atoms with Crippen molar-refractivity contribution in [2.24, 2.45) is 0 Å². The molecule has 1 aromatic heterocycles. The largest absolute Gasteiger partial charge is 0.452 e. The molecule has 0 unspecified atom stereocenters. The molecule has 3 rings (SSSR count). The lowest BCUT2D eigenvalue weighted by Crippen LogP contribution is -2.30. The Bertz CT molecular complexity index is 957. The number of aromatic nitrogens is 1. The molecule has 0 aliphatic heterocycles. The van der Waals surface area contributed by atoms with Gasteiger partial charge in [0.1, 0.15) is 0 Å². The zero-order valence-electron chi connectivity index (χ0n) is 15.7. The number of hydrogen-bond acceptors (Lipinski definition) is 5. The highest BCUT2D eigenvalue weighted by atomic mass is 16.5. The second kappa shape index (κ2) is 9.62. The van der Waals surface area contributed by atoms with Crippen molar-refractivity contribution in [2.75, 3.05) is 26.9 Å². The van der Waals surface area contributed by atoms with Crippen LogP contribution in [-0.4, -0.2) is 43.7 Å². The predicted octanol–water partition coefficient (Wildman–Crippen LogP) is 3.21. The summed E-state index contributed by atoms with van der Waals surface area (Å²) >= 11 is 0. The zero-order chi connectivity index (χ0) is 19.8. The van der Waals surface area contributed by atoms with Crippen molar-refractivity contribution in [1.29, 1.82) is 0 Å². The minimum absolute atomic E-state index is 0.330. The number of carbonyl (C=O) groups excluding carboxylic acids is 2. The molecule has 6 heteroatoms. The fourth-order valence-electron chi connectivity index (χ4n) is 2.81. The second-order valence-corrected chi connectivity index (χ2v) is 6.21. The molecular weight excluding hydrogens is 356 g/mol. The lowest BCUT2D eigenvalue weighted by molar-refractivity contribution is -0.124. The van der Waals surface area contributed by atoms with Gasteiger partial charge in [0.15, 0.2) is 6.61 Å². The van der Waals surface area contributed by atoms with Gasteiger partial charge in [-0.2, -0.15) is 0 Å². The third-order valence-electron chi connectivity index (χ3n) is 4.19. The quantitative estimate of drug-likeness (QED) is 0.481. The van der Waals surface area contributed by atoms with Gasteiger partial charge in [0.25, 0.3) is 5.91 Å². The van der Waals surface area contributed by atoms with E-state index in [1.165, 1.54) is 0 Å². The molecular formula is C22H22N2O4. The summed E-state index contributed by atoms with van der Waals surface area (Å²) in [7, 11) is 1.60. The predicted molar refractivity (Wildman–Crippen MR) is 107 cm³/mol. The topological polar surface area (TPSA) is 77.5 Å². The van der Waals surface area contributed by atoms with Crippen LogP contribution in [0.2, 0.25) is 0 Å². The van der Waals surface area contributed by atoms with Crippen LogP contribution in [0.1, 0.15) is 16.8 Å². The van der Waals surface area contributed by atoms with Crippen molar-refractivity contribution in [3.05, 3.63) is 66.2 Å².